The van der Waals surface area contributed by atoms with Gasteiger partial charge in [-0.3, -0.25) is 4.79 Å². The van der Waals surface area contributed by atoms with Crippen molar-refractivity contribution in [3.8, 4) is 0 Å². The zero-order chi connectivity index (χ0) is 13.1. The van der Waals surface area contributed by atoms with Crippen LogP contribution in [-0.4, -0.2) is 23.4 Å². The first-order chi connectivity index (χ1) is 7.81. The van der Waals surface area contributed by atoms with E-state index < -0.39 is 23.4 Å². The number of carbonyl (C=O) groups excluding carboxylic acids is 2. The van der Waals surface area contributed by atoms with E-state index in [2.05, 4.69) is 0 Å². The van der Waals surface area contributed by atoms with Crippen molar-refractivity contribution in [2.75, 3.05) is 0 Å². The molecule has 1 rings (SSSR count). The van der Waals surface area contributed by atoms with E-state index in [0.29, 0.717) is 5.56 Å². The summed E-state index contributed by atoms with van der Waals surface area (Å²) in [7, 11) is 0. The highest BCUT2D eigenvalue weighted by molar-refractivity contribution is 6.11. The number of hydrogen-bond donors (Lipinski definition) is 1. The number of ketones is 1. The molecular weight excluding hydrogens is 218 g/mol. The van der Waals surface area contributed by atoms with Crippen molar-refractivity contribution >= 4 is 11.8 Å². The Morgan fingerprint density at radius 1 is 1.18 bits per heavy atom. The van der Waals surface area contributed by atoms with Crippen LogP contribution >= 0.6 is 0 Å². The Hall–Kier alpha value is -1.68. The van der Waals surface area contributed by atoms with E-state index in [9.17, 15) is 9.59 Å². The molecule has 0 heterocycles. The average Bonchev–Trinajstić information content (AvgIpc) is 2.26. The van der Waals surface area contributed by atoms with Crippen molar-refractivity contribution in [3.05, 3.63) is 35.9 Å². The summed E-state index contributed by atoms with van der Waals surface area (Å²) in [4.78, 5) is 23.5. The van der Waals surface area contributed by atoms with Crippen molar-refractivity contribution in [2.24, 2.45) is 5.73 Å². The Balaban J connectivity index is 2.74. The first-order valence-corrected chi connectivity index (χ1v) is 5.39. The summed E-state index contributed by atoms with van der Waals surface area (Å²) >= 11 is 0. The van der Waals surface area contributed by atoms with E-state index in [0.717, 1.165) is 0 Å². The predicted octanol–water partition coefficient (Wildman–Crippen LogP) is 1.54. The summed E-state index contributed by atoms with van der Waals surface area (Å²) in [6.45, 7) is 5.18. The van der Waals surface area contributed by atoms with Crippen LogP contribution in [0.5, 0.6) is 0 Å². The van der Waals surface area contributed by atoms with E-state index in [4.69, 9.17) is 10.5 Å². The Bertz CT molecular complexity index is 406. The minimum absolute atomic E-state index is 0.408. The van der Waals surface area contributed by atoms with Crippen molar-refractivity contribution in [2.45, 2.75) is 32.4 Å². The maximum atomic E-state index is 11.8. The quantitative estimate of drug-likeness (QED) is 0.490. The smallest absolute Gasteiger partial charge is 0.331 e. The number of nitrogens with two attached hydrogens (primary N) is 1. The second-order valence-corrected chi connectivity index (χ2v) is 4.74. The molecule has 0 fully saturated rings. The molecule has 0 aliphatic rings. The first-order valence-electron chi connectivity index (χ1n) is 5.39. The molecule has 1 aromatic carbocycles. The average molecular weight is 235 g/mol. The summed E-state index contributed by atoms with van der Waals surface area (Å²) in [5, 5.41) is 0. The van der Waals surface area contributed by atoms with Gasteiger partial charge in [0.05, 0.1) is 0 Å². The maximum Gasteiger partial charge on any atom is 0.331 e. The maximum absolute atomic E-state index is 11.8. The lowest BCUT2D eigenvalue weighted by molar-refractivity contribution is -0.155. The van der Waals surface area contributed by atoms with Gasteiger partial charge in [0, 0.05) is 5.56 Å². The van der Waals surface area contributed by atoms with Gasteiger partial charge in [0.1, 0.15) is 5.60 Å². The van der Waals surface area contributed by atoms with Gasteiger partial charge in [-0.1, -0.05) is 30.3 Å². The monoisotopic (exact) mass is 235 g/mol. The van der Waals surface area contributed by atoms with Gasteiger partial charge < -0.3 is 10.5 Å². The van der Waals surface area contributed by atoms with Gasteiger partial charge >= 0.3 is 5.97 Å². The summed E-state index contributed by atoms with van der Waals surface area (Å²) in [5.74, 6) is -1.13. The lowest BCUT2D eigenvalue weighted by Crippen LogP contribution is -2.43. The highest BCUT2D eigenvalue weighted by Gasteiger charge is 2.28. The molecule has 0 aliphatic carbocycles. The third kappa shape index (κ3) is 4.00. The van der Waals surface area contributed by atoms with Crippen molar-refractivity contribution in [3.63, 3.8) is 0 Å². The minimum atomic E-state index is -1.27. The van der Waals surface area contributed by atoms with Gasteiger partial charge in [-0.25, -0.2) is 4.79 Å². The molecule has 0 radical (unpaired) electrons. The lowest BCUT2D eigenvalue weighted by atomic mass is 10.0. The Morgan fingerprint density at radius 2 is 1.71 bits per heavy atom. The van der Waals surface area contributed by atoms with E-state index in [1.54, 1.807) is 51.1 Å². The van der Waals surface area contributed by atoms with Crippen LogP contribution in [0, 0.1) is 0 Å². The molecular formula is C13H17NO3. The zero-order valence-corrected chi connectivity index (χ0v) is 10.3. The number of carbonyl (C=O) groups is 2. The minimum Gasteiger partial charge on any atom is -0.458 e. The number of rotatable bonds is 3. The molecule has 17 heavy (non-hydrogen) atoms. The van der Waals surface area contributed by atoms with Crippen molar-refractivity contribution in [1.82, 2.24) is 0 Å². The SMILES string of the molecule is CC(C)(C)OC(=O)C(N)C(=O)c1ccccc1. The van der Waals surface area contributed by atoms with E-state index in [1.165, 1.54) is 0 Å². The van der Waals surface area contributed by atoms with Gasteiger partial charge in [-0.05, 0) is 20.8 Å². The molecule has 0 aliphatic heterocycles. The van der Waals surface area contributed by atoms with Crippen LogP contribution < -0.4 is 5.73 Å². The van der Waals surface area contributed by atoms with Gasteiger partial charge in [0.25, 0.3) is 0 Å². The zero-order valence-electron chi connectivity index (χ0n) is 10.3. The fourth-order valence-corrected chi connectivity index (χ4v) is 1.25. The third-order valence-electron chi connectivity index (χ3n) is 2.00. The van der Waals surface area contributed by atoms with Crippen LogP contribution in [-0.2, 0) is 9.53 Å². The van der Waals surface area contributed by atoms with Gasteiger partial charge in [0.2, 0.25) is 0 Å². The lowest BCUT2D eigenvalue weighted by Gasteiger charge is -2.21. The second-order valence-electron chi connectivity index (χ2n) is 4.74. The highest BCUT2D eigenvalue weighted by atomic mass is 16.6. The van der Waals surface area contributed by atoms with Crippen LogP contribution in [0.25, 0.3) is 0 Å². The van der Waals surface area contributed by atoms with Crippen LogP contribution in [0.15, 0.2) is 30.3 Å². The van der Waals surface area contributed by atoms with E-state index >= 15 is 0 Å². The largest absolute Gasteiger partial charge is 0.458 e. The summed E-state index contributed by atoms with van der Waals surface area (Å²) in [6.07, 6.45) is 0. The number of Topliss-reactive ketones (excluding diaryl/α,β-unsaturated/α-hetero) is 1. The Kier molecular flexibility index (Phi) is 4.02. The number of esters is 1. The molecule has 0 amide bonds. The van der Waals surface area contributed by atoms with Crippen LogP contribution in [0.2, 0.25) is 0 Å². The first kappa shape index (κ1) is 13.4. The normalized spacial score (nSPS) is 12.9. The Morgan fingerprint density at radius 3 is 2.18 bits per heavy atom. The van der Waals surface area contributed by atoms with Gasteiger partial charge in [-0.2, -0.15) is 0 Å². The van der Waals surface area contributed by atoms with Crippen molar-refractivity contribution < 1.29 is 14.3 Å². The molecule has 0 aromatic heterocycles. The van der Waals surface area contributed by atoms with Gasteiger partial charge in [-0.15, -0.1) is 0 Å². The van der Waals surface area contributed by atoms with Crippen molar-refractivity contribution in [1.29, 1.82) is 0 Å². The topological polar surface area (TPSA) is 69.4 Å². The summed E-state index contributed by atoms with van der Waals surface area (Å²) in [5.41, 5.74) is 5.34. The molecule has 92 valence electrons. The second kappa shape index (κ2) is 5.10. The molecule has 1 unspecified atom stereocenters. The molecule has 0 saturated heterocycles. The fourth-order valence-electron chi connectivity index (χ4n) is 1.25. The molecule has 1 atom stereocenters. The number of benzene rings is 1. The van der Waals surface area contributed by atoms with Gasteiger partial charge in [0.15, 0.2) is 11.8 Å². The van der Waals surface area contributed by atoms with E-state index in [1.807, 2.05) is 0 Å². The van der Waals surface area contributed by atoms with Crippen LogP contribution in [0.3, 0.4) is 0 Å². The van der Waals surface area contributed by atoms with Crippen LogP contribution in [0.1, 0.15) is 31.1 Å². The molecule has 2 N–H and O–H groups in total. The predicted molar refractivity (Wildman–Crippen MR) is 64.6 cm³/mol. The molecule has 0 bridgehead atoms. The molecule has 1 aromatic rings. The fraction of sp³-hybridized carbons (Fsp3) is 0.385. The van der Waals surface area contributed by atoms with E-state index in [-0.39, 0.29) is 0 Å². The van der Waals surface area contributed by atoms with Crippen LogP contribution in [0.4, 0.5) is 0 Å². The molecule has 0 spiro atoms. The summed E-state index contributed by atoms with van der Waals surface area (Å²) < 4.78 is 5.06. The number of ether oxygens (including phenoxy) is 1. The number of hydrogen-bond acceptors (Lipinski definition) is 4. The molecule has 4 heteroatoms. The molecule has 0 saturated carbocycles. The highest BCUT2D eigenvalue weighted by Crippen LogP contribution is 2.10. The summed E-state index contributed by atoms with van der Waals surface area (Å²) in [6, 6.07) is 7.19. The molecule has 4 nitrogen and oxygen atoms in total. The Labute approximate surface area is 101 Å². The third-order valence-corrected chi connectivity index (χ3v) is 2.00. The standard InChI is InChI=1S/C13H17NO3/c1-13(2,3)17-12(16)10(14)11(15)9-7-5-4-6-8-9/h4-8,10H,14H2,1-3H3.